The van der Waals surface area contributed by atoms with Crippen LogP contribution in [0.1, 0.15) is 18.7 Å². The lowest BCUT2D eigenvalue weighted by atomic mass is 10.2. The van der Waals surface area contributed by atoms with E-state index in [2.05, 4.69) is 10.3 Å². The first-order valence-electron chi connectivity index (χ1n) is 8.75. The largest absolute Gasteiger partial charge is 0.368 e. The molecular formula is C20H18FN3O3. The molecule has 0 aliphatic carbocycles. The Hall–Kier alpha value is -3.06. The van der Waals surface area contributed by atoms with Gasteiger partial charge in [0.2, 0.25) is 0 Å². The summed E-state index contributed by atoms with van der Waals surface area (Å²) in [5.41, 5.74) is 1.29. The van der Waals surface area contributed by atoms with Crippen LogP contribution in [-0.2, 0) is 9.53 Å². The molecule has 138 valence electrons. The van der Waals surface area contributed by atoms with Gasteiger partial charge in [0.05, 0.1) is 16.6 Å². The van der Waals surface area contributed by atoms with Crippen LogP contribution in [0.15, 0.2) is 47.3 Å². The van der Waals surface area contributed by atoms with Crippen LogP contribution < -0.4 is 10.9 Å². The van der Waals surface area contributed by atoms with E-state index in [-0.39, 0.29) is 17.3 Å². The Kier molecular flexibility index (Phi) is 4.45. The number of anilines is 1. The molecular weight excluding hydrogens is 349 g/mol. The zero-order valence-corrected chi connectivity index (χ0v) is 14.7. The van der Waals surface area contributed by atoms with Crippen molar-refractivity contribution >= 4 is 22.5 Å². The van der Waals surface area contributed by atoms with Crippen molar-refractivity contribution in [2.45, 2.75) is 25.9 Å². The molecule has 7 heteroatoms. The maximum Gasteiger partial charge on any atom is 0.266 e. The Labute approximate surface area is 154 Å². The van der Waals surface area contributed by atoms with E-state index in [0.717, 1.165) is 6.42 Å². The van der Waals surface area contributed by atoms with Crippen molar-refractivity contribution in [1.29, 1.82) is 0 Å². The highest BCUT2D eigenvalue weighted by Crippen LogP contribution is 2.19. The third-order valence-corrected chi connectivity index (χ3v) is 4.61. The molecule has 1 fully saturated rings. The molecule has 2 heterocycles. The van der Waals surface area contributed by atoms with Gasteiger partial charge in [-0.25, -0.2) is 9.37 Å². The monoisotopic (exact) mass is 367 g/mol. The highest BCUT2D eigenvalue weighted by atomic mass is 19.1. The maximum atomic E-state index is 13.2. The molecule has 0 radical (unpaired) electrons. The molecule has 0 saturated carbocycles. The van der Waals surface area contributed by atoms with Gasteiger partial charge in [-0.2, -0.15) is 0 Å². The van der Waals surface area contributed by atoms with Crippen LogP contribution in [0, 0.1) is 12.7 Å². The van der Waals surface area contributed by atoms with Crippen molar-refractivity contribution in [1.82, 2.24) is 9.55 Å². The van der Waals surface area contributed by atoms with Gasteiger partial charge in [0.15, 0.2) is 0 Å². The third kappa shape index (κ3) is 3.33. The van der Waals surface area contributed by atoms with Gasteiger partial charge >= 0.3 is 0 Å². The SMILES string of the molecule is Cc1nc2ccc(NC(=O)C3CCCO3)cc2c(=O)n1-c1ccc(F)cc1. The van der Waals surface area contributed by atoms with Crippen LogP contribution in [0.25, 0.3) is 16.6 Å². The first kappa shape index (κ1) is 17.4. The van der Waals surface area contributed by atoms with Gasteiger partial charge in [-0.1, -0.05) is 0 Å². The van der Waals surface area contributed by atoms with Crippen molar-refractivity contribution in [3.8, 4) is 5.69 Å². The fourth-order valence-corrected chi connectivity index (χ4v) is 3.28. The first-order valence-corrected chi connectivity index (χ1v) is 8.75. The fraction of sp³-hybridized carbons (Fsp3) is 0.250. The van der Waals surface area contributed by atoms with Gasteiger partial charge in [0.1, 0.15) is 17.7 Å². The predicted octanol–water partition coefficient (Wildman–Crippen LogP) is 2.95. The second-order valence-corrected chi connectivity index (χ2v) is 6.50. The Morgan fingerprint density at radius 2 is 2.04 bits per heavy atom. The minimum absolute atomic E-state index is 0.217. The molecule has 1 N–H and O–H groups in total. The molecule has 1 unspecified atom stereocenters. The van der Waals surface area contributed by atoms with Crippen LogP contribution in [0.4, 0.5) is 10.1 Å². The molecule has 2 aromatic carbocycles. The number of benzene rings is 2. The van der Waals surface area contributed by atoms with Crippen molar-refractivity contribution in [3.05, 3.63) is 64.5 Å². The molecule has 1 saturated heterocycles. The van der Waals surface area contributed by atoms with Crippen molar-refractivity contribution in [2.24, 2.45) is 0 Å². The van der Waals surface area contributed by atoms with E-state index in [0.29, 0.717) is 41.1 Å². The quantitative estimate of drug-likeness (QED) is 0.772. The minimum atomic E-state index is -0.451. The van der Waals surface area contributed by atoms with Gasteiger partial charge in [0, 0.05) is 12.3 Å². The number of amides is 1. The normalized spacial score (nSPS) is 16.6. The van der Waals surface area contributed by atoms with Gasteiger partial charge in [-0.15, -0.1) is 0 Å². The van der Waals surface area contributed by atoms with Crippen LogP contribution >= 0.6 is 0 Å². The highest BCUT2D eigenvalue weighted by Gasteiger charge is 2.23. The summed E-state index contributed by atoms with van der Waals surface area (Å²) in [5.74, 6) is -0.0987. The fourth-order valence-electron chi connectivity index (χ4n) is 3.28. The molecule has 1 amide bonds. The summed E-state index contributed by atoms with van der Waals surface area (Å²) in [6.07, 6.45) is 1.10. The lowest BCUT2D eigenvalue weighted by Crippen LogP contribution is -2.27. The van der Waals surface area contributed by atoms with Gasteiger partial charge in [-0.05, 0) is 62.2 Å². The molecule has 0 bridgehead atoms. The van der Waals surface area contributed by atoms with Crippen LogP contribution in [-0.4, -0.2) is 28.2 Å². The first-order chi connectivity index (χ1) is 13.0. The summed E-state index contributed by atoms with van der Waals surface area (Å²) in [6.45, 7) is 2.30. The number of aromatic nitrogens is 2. The number of fused-ring (bicyclic) bond motifs is 1. The number of hydrogen-bond donors (Lipinski definition) is 1. The molecule has 1 aromatic heterocycles. The summed E-state index contributed by atoms with van der Waals surface area (Å²) < 4.78 is 20.0. The smallest absolute Gasteiger partial charge is 0.266 e. The number of nitrogens with one attached hydrogen (secondary N) is 1. The number of rotatable bonds is 3. The topological polar surface area (TPSA) is 73.2 Å². The standard InChI is InChI=1S/C20H18FN3O3/c1-12-22-17-9-6-14(23-19(25)18-3-2-10-27-18)11-16(17)20(26)24(12)15-7-4-13(21)5-8-15/h4-9,11,18H,2-3,10H2,1H3,(H,23,25). The van der Waals surface area contributed by atoms with Crippen LogP contribution in [0.2, 0.25) is 0 Å². The zero-order chi connectivity index (χ0) is 19.0. The second-order valence-electron chi connectivity index (χ2n) is 6.50. The van der Waals surface area contributed by atoms with Crippen LogP contribution in [0.5, 0.6) is 0 Å². The summed E-state index contributed by atoms with van der Waals surface area (Å²) in [5, 5.41) is 3.17. The molecule has 6 nitrogen and oxygen atoms in total. The lowest BCUT2D eigenvalue weighted by Gasteiger charge is -2.13. The van der Waals surface area contributed by atoms with E-state index >= 15 is 0 Å². The Balaban J connectivity index is 1.75. The van der Waals surface area contributed by atoms with E-state index in [4.69, 9.17) is 4.74 Å². The molecule has 0 spiro atoms. The predicted molar refractivity (Wildman–Crippen MR) is 99.6 cm³/mol. The molecule has 1 atom stereocenters. The maximum absolute atomic E-state index is 13.2. The highest BCUT2D eigenvalue weighted by molar-refractivity contribution is 5.96. The summed E-state index contributed by atoms with van der Waals surface area (Å²) in [7, 11) is 0. The number of ether oxygens (including phenoxy) is 1. The number of hydrogen-bond acceptors (Lipinski definition) is 4. The third-order valence-electron chi connectivity index (χ3n) is 4.61. The van der Waals surface area contributed by atoms with E-state index in [1.54, 1.807) is 25.1 Å². The summed E-state index contributed by atoms with van der Waals surface area (Å²) >= 11 is 0. The number of carbonyl (C=O) groups is 1. The molecule has 4 rings (SSSR count). The van der Waals surface area contributed by atoms with E-state index < -0.39 is 6.10 Å². The number of aryl methyl sites for hydroxylation is 1. The Morgan fingerprint density at radius 1 is 1.26 bits per heavy atom. The Morgan fingerprint density at radius 3 is 2.74 bits per heavy atom. The van der Waals surface area contributed by atoms with E-state index in [1.807, 2.05) is 0 Å². The van der Waals surface area contributed by atoms with Gasteiger partial charge in [0.25, 0.3) is 11.5 Å². The van der Waals surface area contributed by atoms with E-state index in [1.165, 1.54) is 28.8 Å². The van der Waals surface area contributed by atoms with Crippen molar-refractivity contribution < 1.29 is 13.9 Å². The molecule has 27 heavy (non-hydrogen) atoms. The molecule has 3 aromatic rings. The minimum Gasteiger partial charge on any atom is -0.368 e. The van der Waals surface area contributed by atoms with Gasteiger partial charge < -0.3 is 10.1 Å². The molecule has 1 aliphatic heterocycles. The summed E-state index contributed by atoms with van der Waals surface area (Å²) in [6, 6.07) is 10.7. The Bertz CT molecular complexity index is 1070. The van der Waals surface area contributed by atoms with E-state index in [9.17, 15) is 14.0 Å². The van der Waals surface area contributed by atoms with Gasteiger partial charge in [-0.3, -0.25) is 14.2 Å². The lowest BCUT2D eigenvalue weighted by molar-refractivity contribution is -0.124. The number of carbonyl (C=O) groups excluding carboxylic acids is 1. The van der Waals surface area contributed by atoms with Crippen LogP contribution in [0.3, 0.4) is 0 Å². The second kappa shape index (κ2) is 6.92. The zero-order valence-electron chi connectivity index (χ0n) is 14.7. The van der Waals surface area contributed by atoms with Crippen molar-refractivity contribution in [2.75, 3.05) is 11.9 Å². The number of halogens is 1. The average Bonchev–Trinajstić information content (AvgIpc) is 3.19. The number of nitrogens with zero attached hydrogens (tertiary/aromatic N) is 2. The molecule has 1 aliphatic rings. The average molecular weight is 367 g/mol. The summed E-state index contributed by atoms with van der Waals surface area (Å²) in [4.78, 5) is 29.7. The van der Waals surface area contributed by atoms with Crippen molar-refractivity contribution in [3.63, 3.8) is 0 Å².